The van der Waals surface area contributed by atoms with Crippen LogP contribution in [0.1, 0.15) is 28.6 Å². The van der Waals surface area contributed by atoms with Gasteiger partial charge in [0.1, 0.15) is 5.82 Å². The minimum absolute atomic E-state index is 0.0912. The van der Waals surface area contributed by atoms with Crippen LogP contribution >= 0.6 is 11.8 Å². The maximum atomic E-state index is 13.4. The summed E-state index contributed by atoms with van der Waals surface area (Å²) in [7, 11) is -3.96. The summed E-state index contributed by atoms with van der Waals surface area (Å²) in [6, 6.07) is 29.5. The van der Waals surface area contributed by atoms with Crippen molar-refractivity contribution in [2.24, 2.45) is 0 Å². The second-order valence-electron chi connectivity index (χ2n) is 9.48. The third-order valence-electron chi connectivity index (χ3n) is 6.40. The van der Waals surface area contributed by atoms with Crippen molar-refractivity contribution in [3.05, 3.63) is 153 Å². The Kier molecular flexibility index (Phi) is 9.40. The molecule has 1 atom stereocenters. The third-order valence-corrected chi connectivity index (χ3v) is 8.51. The van der Waals surface area contributed by atoms with Crippen LogP contribution in [0.15, 0.2) is 120 Å². The van der Waals surface area contributed by atoms with E-state index < -0.39 is 21.0 Å². The van der Waals surface area contributed by atoms with Gasteiger partial charge in [0, 0.05) is 29.0 Å². The minimum Gasteiger partial charge on any atom is -0.273 e. The van der Waals surface area contributed by atoms with Crippen molar-refractivity contribution < 1.29 is 17.7 Å². The maximum absolute atomic E-state index is 13.4. The molecule has 5 rings (SSSR count). The van der Waals surface area contributed by atoms with Crippen molar-refractivity contribution in [2.75, 3.05) is 0 Å². The smallest absolute Gasteiger partial charge is 0.269 e. The number of halogens is 1. The first kappa shape index (κ1) is 29.8. The number of sulfonamides is 1. The lowest BCUT2D eigenvalue weighted by molar-refractivity contribution is -0.384. The molecule has 0 radical (unpaired) electrons. The van der Waals surface area contributed by atoms with Crippen molar-refractivity contribution in [1.82, 2.24) is 19.5 Å². The van der Waals surface area contributed by atoms with Gasteiger partial charge in [0.15, 0.2) is 11.0 Å². The fourth-order valence-corrected chi connectivity index (χ4v) is 6.22. The molecule has 9 nitrogen and oxygen atoms in total. The van der Waals surface area contributed by atoms with Crippen LogP contribution in [-0.2, 0) is 22.2 Å². The van der Waals surface area contributed by atoms with Gasteiger partial charge in [-0.05, 0) is 53.5 Å². The highest BCUT2D eigenvalue weighted by atomic mass is 32.2. The van der Waals surface area contributed by atoms with E-state index in [1.165, 1.54) is 42.1 Å². The van der Waals surface area contributed by atoms with Crippen LogP contribution in [-0.4, -0.2) is 28.1 Å². The molecule has 0 aliphatic carbocycles. The van der Waals surface area contributed by atoms with Gasteiger partial charge in [-0.25, -0.2) is 17.5 Å². The van der Waals surface area contributed by atoms with Gasteiger partial charge in [-0.3, -0.25) is 14.7 Å². The number of nitrogens with zero attached hydrogens (tertiary/aromatic N) is 4. The largest absolute Gasteiger partial charge is 0.273 e. The Morgan fingerprint density at radius 2 is 1.53 bits per heavy atom. The van der Waals surface area contributed by atoms with Crippen LogP contribution < -0.4 is 4.72 Å². The molecule has 0 aliphatic rings. The molecule has 0 aliphatic heterocycles. The number of hydrogen-bond acceptors (Lipinski definition) is 7. The molecule has 1 unspecified atom stereocenters. The molecule has 1 N–H and O–H groups in total. The number of nitro groups is 1. The van der Waals surface area contributed by atoms with Gasteiger partial charge in [-0.1, -0.05) is 84.6 Å². The Hall–Kier alpha value is -4.65. The molecule has 0 bridgehead atoms. The van der Waals surface area contributed by atoms with Gasteiger partial charge in [0.25, 0.3) is 5.69 Å². The summed E-state index contributed by atoms with van der Waals surface area (Å²) >= 11 is 1.32. The average molecular weight is 616 g/mol. The van der Waals surface area contributed by atoms with Gasteiger partial charge < -0.3 is 0 Å². The molecule has 1 aromatic heterocycles. The van der Waals surface area contributed by atoms with E-state index in [1.807, 2.05) is 48.5 Å². The molecule has 0 saturated heterocycles. The summed E-state index contributed by atoms with van der Waals surface area (Å²) < 4.78 is 44.5. The van der Waals surface area contributed by atoms with Gasteiger partial charge in [0.05, 0.1) is 11.0 Å². The molecule has 5 aromatic rings. The Bertz CT molecular complexity index is 1810. The van der Waals surface area contributed by atoms with Gasteiger partial charge >= 0.3 is 0 Å². The first-order valence-electron chi connectivity index (χ1n) is 13.1. The number of nitrogens with one attached hydrogen (secondary N) is 1. The summed E-state index contributed by atoms with van der Waals surface area (Å²) in [5.41, 5.74) is 2.86. The number of rotatable bonds is 12. The lowest BCUT2D eigenvalue weighted by Crippen LogP contribution is -2.30. The number of nitro benzene ring substituents is 1. The molecule has 0 spiro atoms. The summed E-state index contributed by atoms with van der Waals surface area (Å²) in [5, 5.41) is 21.7. The van der Waals surface area contributed by atoms with E-state index in [1.54, 1.807) is 41.0 Å². The highest BCUT2D eigenvalue weighted by Gasteiger charge is 2.27. The summed E-state index contributed by atoms with van der Waals surface area (Å²) in [6.07, 6.45) is 1.76. The van der Waals surface area contributed by atoms with Crippen LogP contribution in [0, 0.1) is 15.9 Å². The predicted molar refractivity (Wildman–Crippen MR) is 164 cm³/mol. The second kappa shape index (κ2) is 13.6. The molecule has 0 fully saturated rings. The highest BCUT2D eigenvalue weighted by molar-refractivity contribution is 7.98. The average Bonchev–Trinajstić information content (AvgIpc) is 3.44. The maximum Gasteiger partial charge on any atom is 0.269 e. The van der Waals surface area contributed by atoms with E-state index in [-0.39, 0.29) is 17.9 Å². The van der Waals surface area contributed by atoms with Crippen molar-refractivity contribution in [3.63, 3.8) is 0 Å². The van der Waals surface area contributed by atoms with E-state index in [9.17, 15) is 22.9 Å². The molecule has 43 heavy (non-hydrogen) atoms. The number of thioether (sulfide) groups is 1. The number of aromatic nitrogens is 3. The minimum atomic E-state index is -3.96. The summed E-state index contributed by atoms with van der Waals surface area (Å²) in [6.45, 7) is 0. The third kappa shape index (κ3) is 8.01. The number of non-ortho nitro benzene ring substituents is 1. The zero-order chi connectivity index (χ0) is 30.2. The van der Waals surface area contributed by atoms with Crippen molar-refractivity contribution in [2.45, 2.75) is 23.4 Å². The molecule has 12 heteroatoms. The Labute approximate surface area is 252 Å². The van der Waals surface area contributed by atoms with E-state index in [0.29, 0.717) is 22.4 Å². The zero-order valence-electron chi connectivity index (χ0n) is 22.7. The molecule has 1 heterocycles. The monoisotopic (exact) mass is 615 g/mol. The van der Waals surface area contributed by atoms with E-state index in [0.717, 1.165) is 22.1 Å². The first-order chi connectivity index (χ1) is 20.8. The van der Waals surface area contributed by atoms with Crippen LogP contribution in [0.4, 0.5) is 10.1 Å². The standard InChI is InChI=1S/C31H26FN5O4S2/c32-26-13-11-25(12-14-26)22-42-31-34-33-30(36(31)27-15-17-28(18-16-27)37(38)39)29(21-24-9-5-2-6-10-24)35-43(40,41)20-19-23-7-3-1-4-8-23/h1-20,29,35H,21-22H2/b20-19+. The van der Waals surface area contributed by atoms with Crippen LogP contribution in [0.3, 0.4) is 0 Å². The lowest BCUT2D eigenvalue weighted by Gasteiger charge is -2.19. The Balaban J connectivity index is 1.54. The lowest BCUT2D eigenvalue weighted by atomic mass is 10.1. The molecular weight excluding hydrogens is 590 g/mol. The van der Waals surface area contributed by atoms with Crippen LogP contribution in [0.25, 0.3) is 11.8 Å². The molecule has 4 aromatic carbocycles. The van der Waals surface area contributed by atoms with E-state index >= 15 is 0 Å². The van der Waals surface area contributed by atoms with Crippen molar-refractivity contribution in [3.8, 4) is 5.69 Å². The summed E-state index contributed by atoms with van der Waals surface area (Å²) in [5.74, 6) is 0.388. The van der Waals surface area contributed by atoms with Crippen LogP contribution in [0.2, 0.25) is 0 Å². The highest BCUT2D eigenvalue weighted by Crippen LogP contribution is 2.30. The first-order valence-corrected chi connectivity index (χ1v) is 15.7. The summed E-state index contributed by atoms with van der Waals surface area (Å²) in [4.78, 5) is 10.8. The molecule has 0 saturated carbocycles. The zero-order valence-corrected chi connectivity index (χ0v) is 24.3. The molecule has 0 amide bonds. The van der Waals surface area contributed by atoms with Gasteiger partial charge in [-0.15, -0.1) is 10.2 Å². The second-order valence-corrected chi connectivity index (χ2v) is 12.0. The van der Waals surface area contributed by atoms with E-state index in [2.05, 4.69) is 14.9 Å². The fourth-order valence-electron chi connectivity index (χ4n) is 4.30. The number of benzene rings is 4. The predicted octanol–water partition coefficient (Wildman–Crippen LogP) is 6.48. The normalized spacial score (nSPS) is 12.4. The van der Waals surface area contributed by atoms with Crippen molar-refractivity contribution in [1.29, 1.82) is 0 Å². The SMILES string of the molecule is O=[N+]([O-])c1ccc(-n2c(SCc3ccc(F)cc3)nnc2C(Cc2ccccc2)NS(=O)(=O)/C=C/c2ccccc2)cc1. The van der Waals surface area contributed by atoms with Gasteiger partial charge in [0.2, 0.25) is 10.0 Å². The van der Waals surface area contributed by atoms with E-state index in [4.69, 9.17) is 0 Å². The topological polar surface area (TPSA) is 120 Å². The van der Waals surface area contributed by atoms with Crippen molar-refractivity contribution >= 4 is 33.5 Å². The fraction of sp³-hybridized carbons (Fsp3) is 0.0968. The Morgan fingerprint density at radius 3 is 2.19 bits per heavy atom. The molecule has 218 valence electrons. The quantitative estimate of drug-likeness (QED) is 0.0969. The number of hydrogen-bond donors (Lipinski definition) is 1. The Morgan fingerprint density at radius 1 is 0.884 bits per heavy atom. The van der Waals surface area contributed by atoms with Crippen LogP contribution in [0.5, 0.6) is 0 Å². The molecular formula is C31H26FN5O4S2. The van der Waals surface area contributed by atoms with Gasteiger partial charge in [-0.2, -0.15) is 0 Å².